The third kappa shape index (κ3) is 8.40. The van der Waals surface area contributed by atoms with E-state index in [-0.39, 0.29) is 23.3 Å². The van der Waals surface area contributed by atoms with Gasteiger partial charge < -0.3 is 19.8 Å². The van der Waals surface area contributed by atoms with Crippen molar-refractivity contribution in [3.8, 4) is 0 Å². The summed E-state index contributed by atoms with van der Waals surface area (Å²) in [7, 11) is -2.28. The predicted octanol–water partition coefficient (Wildman–Crippen LogP) is 5.30. The number of carbonyl (C=O) groups excluding carboxylic acids is 4. The summed E-state index contributed by atoms with van der Waals surface area (Å²) in [4.78, 5) is 59.1. The van der Waals surface area contributed by atoms with Gasteiger partial charge in [-0.25, -0.2) is 5.43 Å². The lowest BCUT2D eigenvalue weighted by molar-refractivity contribution is -0.152. The maximum Gasteiger partial charge on any atom is 0.323 e. The Hall–Kier alpha value is -3.87. The number of amides is 3. The minimum atomic E-state index is -2.28. The fourth-order valence-corrected chi connectivity index (χ4v) is 6.26. The van der Waals surface area contributed by atoms with E-state index in [2.05, 4.69) is 49.9 Å². The molecular weight excluding hydrogens is 627 g/mol. The van der Waals surface area contributed by atoms with E-state index < -0.39 is 49.6 Å². The Balaban J connectivity index is 1.78. The number of ether oxygens (including phenoxy) is 1. The molecule has 5 bridgehead atoms. The maximum absolute atomic E-state index is 14.1. The Morgan fingerprint density at radius 2 is 1.75 bits per heavy atom. The van der Waals surface area contributed by atoms with Crippen molar-refractivity contribution in [3.63, 3.8) is 0 Å². The van der Waals surface area contributed by atoms with E-state index in [1.165, 1.54) is 5.01 Å². The molecule has 2 aliphatic rings. The molecule has 0 aliphatic carbocycles. The third-order valence-electron chi connectivity index (χ3n) is 9.53. The number of aromatic nitrogens is 1. The number of rotatable bonds is 3. The van der Waals surface area contributed by atoms with Crippen LogP contribution in [0, 0.1) is 5.41 Å². The number of hydrogen-bond acceptors (Lipinski definition) is 8. The summed E-state index contributed by atoms with van der Waals surface area (Å²) in [5.41, 5.74) is 4.45. The van der Waals surface area contributed by atoms with Crippen LogP contribution in [0.2, 0.25) is 18.1 Å². The quantitative estimate of drug-likeness (QED) is 0.226. The molecule has 3 N–H and O–H groups in total. The summed E-state index contributed by atoms with van der Waals surface area (Å²) in [6, 6.07) is 7.67. The summed E-state index contributed by atoms with van der Waals surface area (Å²) in [6.45, 7) is 19.5. The van der Waals surface area contributed by atoms with Crippen LogP contribution in [0.15, 0.2) is 47.7 Å². The maximum atomic E-state index is 14.1. The van der Waals surface area contributed by atoms with E-state index in [9.17, 15) is 19.2 Å². The molecule has 0 unspecified atom stereocenters. The van der Waals surface area contributed by atoms with Gasteiger partial charge in [-0.3, -0.25) is 29.2 Å². The molecule has 3 heterocycles. The molecule has 1 saturated heterocycles. The van der Waals surface area contributed by atoms with Gasteiger partial charge in [-0.05, 0) is 88.9 Å². The topological polar surface area (TPSA) is 139 Å². The van der Waals surface area contributed by atoms with Crippen LogP contribution in [0.3, 0.4) is 0 Å². The van der Waals surface area contributed by atoms with Crippen LogP contribution >= 0.6 is 0 Å². The van der Waals surface area contributed by atoms with Gasteiger partial charge in [-0.2, -0.15) is 0 Å². The lowest BCUT2D eigenvalue weighted by Gasteiger charge is -2.38. The molecule has 0 radical (unpaired) electrons. The highest BCUT2D eigenvalue weighted by molar-refractivity contribution is 6.74. The van der Waals surface area contributed by atoms with E-state index in [0.717, 1.165) is 16.5 Å². The highest BCUT2D eigenvalue weighted by atomic mass is 28.4. The molecular formula is C36H51N5O6Si. The normalized spacial score (nSPS) is 25.8. The van der Waals surface area contributed by atoms with Gasteiger partial charge in [0.15, 0.2) is 14.1 Å². The number of fused-ring (bicyclic) bond motifs is 4. The Labute approximate surface area is 285 Å². The Kier molecular flexibility index (Phi) is 11.0. The number of benzene rings is 1. The molecule has 1 aromatic carbocycles. The van der Waals surface area contributed by atoms with Crippen LogP contribution in [0.4, 0.5) is 0 Å². The van der Waals surface area contributed by atoms with Crippen LogP contribution in [0.1, 0.15) is 85.5 Å². The van der Waals surface area contributed by atoms with Crippen molar-refractivity contribution in [3.05, 3.63) is 59.0 Å². The molecule has 1 fully saturated rings. The number of cyclic esters (lactones) is 1. The molecule has 2 aromatic rings. The fraction of sp³-hybridized carbons (Fsp3) is 0.528. The van der Waals surface area contributed by atoms with E-state index in [0.29, 0.717) is 30.7 Å². The second-order valence-electron chi connectivity index (χ2n) is 14.9. The van der Waals surface area contributed by atoms with Crippen LogP contribution in [-0.2, 0) is 28.3 Å². The summed E-state index contributed by atoms with van der Waals surface area (Å²) in [5, 5.41) is 7.92. The molecule has 2 aliphatic heterocycles. The van der Waals surface area contributed by atoms with Crippen molar-refractivity contribution < 1.29 is 28.3 Å². The summed E-state index contributed by atoms with van der Waals surface area (Å²) in [6.07, 6.45) is 4.73. The van der Waals surface area contributed by atoms with Crippen molar-refractivity contribution in [2.75, 3.05) is 13.2 Å². The number of allylic oxidation sites excluding steroid dienone is 1. The van der Waals surface area contributed by atoms with Crippen molar-refractivity contribution in [1.82, 2.24) is 26.1 Å². The lowest BCUT2D eigenvalue weighted by Crippen LogP contribution is -2.60. The lowest BCUT2D eigenvalue weighted by atomic mass is 9.90. The summed E-state index contributed by atoms with van der Waals surface area (Å²) >= 11 is 0. The van der Waals surface area contributed by atoms with Crippen molar-refractivity contribution in [2.45, 2.75) is 104 Å². The number of pyridine rings is 1. The molecule has 11 nitrogen and oxygen atoms in total. The zero-order valence-electron chi connectivity index (χ0n) is 29.9. The zero-order valence-corrected chi connectivity index (χ0v) is 30.9. The number of hydrogen-bond donors (Lipinski definition) is 3. The van der Waals surface area contributed by atoms with Crippen molar-refractivity contribution >= 4 is 49.0 Å². The Morgan fingerprint density at radius 3 is 2.42 bits per heavy atom. The second-order valence-corrected chi connectivity index (χ2v) is 19.8. The first-order valence-electron chi connectivity index (χ1n) is 16.6. The van der Waals surface area contributed by atoms with Gasteiger partial charge in [0.25, 0.3) is 11.8 Å². The average Bonchev–Trinajstić information content (AvgIpc) is 3.03. The van der Waals surface area contributed by atoms with Crippen molar-refractivity contribution in [2.24, 2.45) is 5.41 Å². The van der Waals surface area contributed by atoms with Gasteiger partial charge in [0.2, 0.25) is 5.91 Å². The molecule has 12 heteroatoms. The van der Waals surface area contributed by atoms with Crippen LogP contribution in [-0.4, -0.2) is 67.2 Å². The Bertz CT molecular complexity index is 1640. The second kappa shape index (κ2) is 14.3. The standard InChI is InChI=1S/C36H51N5O6Si/c1-22(2)30-32(43)38-24(4)33(44)41-19-11-12-28(40-41)31(42)37-23(3)27-16-15-26-14-13-25(20-29(26)39-27)17-18-36(8,34(45)47-30)21-46-48(9,10)35(5,6)7/h13-18,20,23-24,28,40H,11-12,19,21H2,1-10H3,(H,37,42)(H,38,43)/b18-17+/t23-,24+,28+,36-/m1/s1. The number of carbonyl (C=O) groups is 4. The van der Waals surface area contributed by atoms with Crippen LogP contribution < -0.4 is 16.1 Å². The van der Waals surface area contributed by atoms with Crippen LogP contribution in [0.5, 0.6) is 0 Å². The number of hydrazine groups is 1. The zero-order chi connectivity index (χ0) is 35.6. The third-order valence-corrected chi connectivity index (χ3v) is 14.0. The van der Waals surface area contributed by atoms with E-state index >= 15 is 0 Å². The van der Waals surface area contributed by atoms with Gasteiger partial charge in [-0.15, -0.1) is 0 Å². The smallest absolute Gasteiger partial charge is 0.323 e. The fourth-order valence-electron chi connectivity index (χ4n) is 5.16. The minimum Gasteiger partial charge on any atom is -0.420 e. The average molecular weight is 678 g/mol. The van der Waals surface area contributed by atoms with Crippen LogP contribution in [0.25, 0.3) is 17.0 Å². The molecule has 48 heavy (non-hydrogen) atoms. The molecule has 260 valence electrons. The first kappa shape index (κ1) is 37.0. The SMILES string of the molecule is CC(C)=C1OC(=O)[C@@](C)(CO[Si](C)(C)C(C)(C)C)/C=C/c2ccc3ccc(nc3c2)[C@@H](C)NC(=O)[C@@H]2CCCN(N2)C(=O)[C@H](C)NC1=O. The first-order chi connectivity index (χ1) is 22.3. The predicted molar refractivity (Wildman–Crippen MR) is 189 cm³/mol. The van der Waals surface area contributed by atoms with Gasteiger partial charge >= 0.3 is 5.97 Å². The molecule has 4 atom stereocenters. The van der Waals surface area contributed by atoms with E-state index in [1.54, 1.807) is 33.8 Å². The largest absolute Gasteiger partial charge is 0.420 e. The molecule has 4 rings (SSSR count). The molecule has 0 saturated carbocycles. The van der Waals surface area contributed by atoms with Gasteiger partial charge in [0.05, 0.1) is 23.9 Å². The monoisotopic (exact) mass is 677 g/mol. The number of nitrogens with one attached hydrogen (secondary N) is 3. The highest BCUT2D eigenvalue weighted by Crippen LogP contribution is 2.38. The van der Waals surface area contributed by atoms with Gasteiger partial charge in [0, 0.05) is 11.9 Å². The van der Waals surface area contributed by atoms with Gasteiger partial charge in [-0.1, -0.05) is 51.1 Å². The highest BCUT2D eigenvalue weighted by Gasteiger charge is 2.42. The van der Waals surface area contributed by atoms with Crippen molar-refractivity contribution in [1.29, 1.82) is 0 Å². The number of esters is 1. The molecule has 3 amide bonds. The van der Waals surface area contributed by atoms with Gasteiger partial charge in [0.1, 0.15) is 17.5 Å². The molecule has 0 spiro atoms. The number of nitrogens with zero attached hydrogens (tertiary/aromatic N) is 2. The first-order valence-corrected chi connectivity index (χ1v) is 19.5. The summed E-state index contributed by atoms with van der Waals surface area (Å²) < 4.78 is 12.4. The minimum absolute atomic E-state index is 0.0420. The molecule has 1 aromatic heterocycles. The Morgan fingerprint density at radius 1 is 1.06 bits per heavy atom. The van der Waals surface area contributed by atoms with E-state index in [4.69, 9.17) is 14.1 Å². The van der Waals surface area contributed by atoms with E-state index in [1.807, 2.05) is 43.3 Å². The summed E-state index contributed by atoms with van der Waals surface area (Å²) in [5.74, 6) is -2.20.